The summed E-state index contributed by atoms with van der Waals surface area (Å²) in [7, 11) is -3.46. The summed E-state index contributed by atoms with van der Waals surface area (Å²) in [6.45, 7) is -0.533. The maximum atomic E-state index is 12.1. The molecule has 2 aromatic rings. The molecule has 0 aliphatic rings. The second-order valence-electron chi connectivity index (χ2n) is 4.84. The van der Waals surface area contributed by atoms with Crippen molar-refractivity contribution >= 4 is 36.8 Å². The van der Waals surface area contributed by atoms with Crippen molar-refractivity contribution in [2.75, 3.05) is 13.7 Å². The minimum Gasteiger partial charge on any atom is -0.776 e. The highest BCUT2D eigenvalue weighted by Crippen LogP contribution is 2.52. The van der Waals surface area contributed by atoms with Crippen molar-refractivity contribution in [3.05, 3.63) is 64.1 Å². The van der Waals surface area contributed by atoms with Crippen LogP contribution in [0, 0.1) is 0 Å². The van der Waals surface area contributed by atoms with Crippen molar-refractivity contribution in [2.24, 2.45) is 0 Å². The lowest BCUT2D eigenvalue weighted by molar-refractivity contribution is -0.209. The van der Waals surface area contributed by atoms with E-state index >= 15 is 0 Å². The van der Waals surface area contributed by atoms with E-state index in [1.807, 2.05) is 0 Å². The Morgan fingerprint density at radius 2 is 1.88 bits per heavy atom. The highest BCUT2D eigenvalue weighted by Gasteiger charge is 2.28. The summed E-state index contributed by atoms with van der Waals surface area (Å²) in [6.07, 6.45) is 0. The molecule has 2 unspecified atom stereocenters. The Balaban J connectivity index is 2.08. The molecule has 2 aromatic carbocycles. The lowest BCUT2D eigenvalue weighted by atomic mass is 10.2. The van der Waals surface area contributed by atoms with Gasteiger partial charge in [-0.3, -0.25) is 0 Å². The summed E-state index contributed by atoms with van der Waals surface area (Å²) in [6, 6.07) is 12.4. The monoisotopic (exact) mass is 403 g/mol. The molecule has 0 aliphatic heterocycles. The lowest BCUT2D eigenvalue weighted by Crippen LogP contribution is -2.22. The van der Waals surface area contributed by atoms with Gasteiger partial charge in [-0.1, -0.05) is 53.5 Å². The largest absolute Gasteiger partial charge is 0.776 e. The molecule has 0 saturated heterocycles. The van der Waals surface area contributed by atoms with Crippen LogP contribution in [0.2, 0.25) is 10.0 Å². The molecule has 0 saturated carbocycles. The van der Waals surface area contributed by atoms with E-state index in [1.165, 1.54) is 30.3 Å². The molecule has 0 aliphatic carbocycles. The van der Waals surface area contributed by atoms with Gasteiger partial charge in [-0.25, -0.2) is 4.79 Å². The van der Waals surface area contributed by atoms with Crippen molar-refractivity contribution < 1.29 is 28.3 Å². The van der Waals surface area contributed by atoms with Crippen LogP contribution in [0.1, 0.15) is 11.4 Å². The minimum absolute atomic E-state index is 0.214. The number of esters is 1. The van der Waals surface area contributed by atoms with E-state index < -0.39 is 26.0 Å². The van der Waals surface area contributed by atoms with E-state index in [9.17, 15) is 14.3 Å². The van der Waals surface area contributed by atoms with Gasteiger partial charge in [0.15, 0.2) is 20.0 Å². The Morgan fingerprint density at radius 1 is 1.20 bits per heavy atom. The molecule has 134 valence electrons. The van der Waals surface area contributed by atoms with Gasteiger partial charge in [0.1, 0.15) is 5.75 Å². The molecular weight excluding hydrogens is 390 g/mol. The predicted octanol–water partition coefficient (Wildman–Crippen LogP) is 3.81. The predicted molar refractivity (Wildman–Crippen MR) is 91.8 cm³/mol. The summed E-state index contributed by atoms with van der Waals surface area (Å²) >= 11 is 11.7. The molecule has 0 radical (unpaired) electrons. The maximum absolute atomic E-state index is 12.1. The Kier molecular flexibility index (Phi) is 6.87. The molecule has 0 heterocycles. The van der Waals surface area contributed by atoms with Crippen molar-refractivity contribution in [2.45, 2.75) is 5.85 Å². The van der Waals surface area contributed by atoms with Gasteiger partial charge < -0.3 is 23.5 Å². The maximum Gasteiger partial charge on any atom is 0.345 e. The smallest absolute Gasteiger partial charge is 0.345 e. The van der Waals surface area contributed by atoms with E-state index in [4.69, 9.17) is 32.7 Å². The minimum atomic E-state index is -4.46. The first-order chi connectivity index (χ1) is 11.8. The number of carbonyl (C=O) groups is 1. The van der Waals surface area contributed by atoms with E-state index in [-0.39, 0.29) is 16.3 Å². The van der Waals surface area contributed by atoms with Crippen LogP contribution in [0.4, 0.5) is 0 Å². The molecule has 9 heteroatoms. The van der Waals surface area contributed by atoms with Crippen molar-refractivity contribution in [3.8, 4) is 5.75 Å². The van der Waals surface area contributed by atoms with Gasteiger partial charge in [0.05, 0.1) is 5.02 Å². The van der Waals surface area contributed by atoms with Gasteiger partial charge in [0.25, 0.3) is 0 Å². The van der Waals surface area contributed by atoms with E-state index in [0.717, 1.165) is 7.11 Å². The Bertz CT molecular complexity index is 783. The van der Waals surface area contributed by atoms with E-state index in [0.29, 0.717) is 5.02 Å². The average molecular weight is 404 g/mol. The molecule has 0 N–H and O–H groups in total. The highest BCUT2D eigenvalue weighted by atomic mass is 35.5. The molecule has 0 amide bonds. The summed E-state index contributed by atoms with van der Waals surface area (Å²) in [5, 5.41) is 0.628. The number of hydrogen-bond acceptors (Lipinski definition) is 6. The van der Waals surface area contributed by atoms with Gasteiger partial charge in [-0.05, 0) is 18.2 Å². The van der Waals surface area contributed by atoms with Crippen LogP contribution in [-0.2, 0) is 18.6 Å². The van der Waals surface area contributed by atoms with Gasteiger partial charge >= 0.3 is 5.97 Å². The van der Waals surface area contributed by atoms with Gasteiger partial charge in [0.2, 0.25) is 0 Å². The molecule has 0 spiro atoms. The summed E-state index contributed by atoms with van der Waals surface area (Å²) < 4.78 is 26.8. The molecular formula is C16H14Cl2O6P-. The Hall–Kier alpha value is -1.56. The summed E-state index contributed by atoms with van der Waals surface area (Å²) in [5.74, 6) is -2.25. The zero-order chi connectivity index (χ0) is 18.4. The summed E-state index contributed by atoms with van der Waals surface area (Å²) in [5.41, 5.74) is 0.264. The fourth-order valence-corrected chi connectivity index (χ4v) is 3.35. The normalized spacial score (nSPS) is 14.4. The second-order valence-corrected chi connectivity index (χ2v) is 7.60. The standard InChI is InChI=1S/C16H15Cl2O6P/c1-22-25(20,21)16(11-5-3-2-4-6-11)24-15(19)10-23-14-8-7-12(17)9-13(14)18/h2-9,16H,10H2,1H3,(H,20,21)/p-1. The van der Waals surface area contributed by atoms with Crippen molar-refractivity contribution in [1.82, 2.24) is 0 Å². The van der Waals surface area contributed by atoms with Crippen molar-refractivity contribution in [1.29, 1.82) is 0 Å². The van der Waals surface area contributed by atoms with Gasteiger partial charge in [-0.2, -0.15) is 0 Å². The number of benzene rings is 2. The van der Waals surface area contributed by atoms with Crippen LogP contribution in [0.25, 0.3) is 0 Å². The number of carbonyl (C=O) groups excluding carboxylic acids is 1. The van der Waals surface area contributed by atoms with Crippen LogP contribution in [0.15, 0.2) is 48.5 Å². The fraction of sp³-hybridized carbons (Fsp3) is 0.188. The van der Waals surface area contributed by atoms with Gasteiger partial charge in [-0.15, -0.1) is 0 Å². The zero-order valence-corrected chi connectivity index (χ0v) is 15.5. The second kappa shape index (κ2) is 8.70. The molecule has 25 heavy (non-hydrogen) atoms. The molecule has 0 fully saturated rings. The van der Waals surface area contributed by atoms with E-state index in [1.54, 1.807) is 18.2 Å². The van der Waals surface area contributed by atoms with Crippen LogP contribution in [0.3, 0.4) is 0 Å². The van der Waals surface area contributed by atoms with Gasteiger partial charge in [0, 0.05) is 17.7 Å². The first kappa shape index (κ1) is 19.8. The molecule has 2 atom stereocenters. The van der Waals surface area contributed by atoms with Crippen LogP contribution in [-0.4, -0.2) is 19.7 Å². The Morgan fingerprint density at radius 3 is 2.48 bits per heavy atom. The fourth-order valence-electron chi connectivity index (χ4n) is 1.92. The highest BCUT2D eigenvalue weighted by molar-refractivity contribution is 7.51. The topological polar surface area (TPSA) is 84.9 Å². The number of halogens is 2. The third-order valence-corrected chi connectivity index (χ3v) is 5.13. The lowest BCUT2D eigenvalue weighted by Gasteiger charge is -2.30. The van der Waals surface area contributed by atoms with Crippen LogP contribution < -0.4 is 9.63 Å². The first-order valence-corrected chi connectivity index (χ1v) is 9.39. The number of rotatable bonds is 7. The molecule has 0 aromatic heterocycles. The Labute approximate surface area is 154 Å². The SMILES string of the molecule is COP(=O)([O-])C(OC(=O)COc1ccc(Cl)cc1Cl)c1ccccc1. The third kappa shape index (κ3) is 5.46. The molecule has 2 rings (SSSR count). The third-order valence-electron chi connectivity index (χ3n) is 3.11. The molecule has 6 nitrogen and oxygen atoms in total. The van der Waals surface area contributed by atoms with Crippen LogP contribution in [0.5, 0.6) is 5.75 Å². The summed E-state index contributed by atoms with van der Waals surface area (Å²) in [4.78, 5) is 24.1. The first-order valence-electron chi connectivity index (χ1n) is 7.02. The molecule has 0 bridgehead atoms. The average Bonchev–Trinajstić information content (AvgIpc) is 2.59. The van der Waals surface area contributed by atoms with Crippen LogP contribution >= 0.6 is 30.8 Å². The number of ether oxygens (including phenoxy) is 2. The quantitative estimate of drug-likeness (QED) is 0.516. The van der Waals surface area contributed by atoms with E-state index in [2.05, 4.69) is 4.52 Å². The van der Waals surface area contributed by atoms with Crippen molar-refractivity contribution in [3.63, 3.8) is 0 Å². The zero-order valence-electron chi connectivity index (χ0n) is 13.1. The number of hydrogen-bond donors (Lipinski definition) is 0.